The molecule has 0 radical (unpaired) electrons. The van der Waals surface area contributed by atoms with Crippen LogP contribution in [0.15, 0.2) is 0 Å². The molecule has 1 unspecified atom stereocenters. The number of aliphatic carboxylic acids is 2. The standard InChI is InChI=1S/C14H19NO6/c16-10-7-14(5-1-2-6-14)8-11(17)15(10)9(13(20)21)3-4-12(18)19/h9H,1-8H2,(H,18,19)(H,20,21). The molecule has 1 spiro atoms. The van der Waals surface area contributed by atoms with Crippen LogP contribution in [0.4, 0.5) is 0 Å². The fourth-order valence-corrected chi connectivity index (χ4v) is 3.46. The second kappa shape index (κ2) is 5.83. The van der Waals surface area contributed by atoms with Gasteiger partial charge < -0.3 is 10.2 Å². The van der Waals surface area contributed by atoms with E-state index in [1.165, 1.54) is 0 Å². The van der Waals surface area contributed by atoms with Crippen molar-refractivity contribution in [2.75, 3.05) is 0 Å². The van der Waals surface area contributed by atoms with Crippen molar-refractivity contribution in [2.45, 2.75) is 57.4 Å². The Balaban J connectivity index is 2.14. The average molecular weight is 297 g/mol. The molecule has 1 aliphatic heterocycles. The predicted molar refractivity (Wildman–Crippen MR) is 70.3 cm³/mol. The van der Waals surface area contributed by atoms with E-state index >= 15 is 0 Å². The number of likely N-dealkylation sites (tertiary alicyclic amines) is 1. The van der Waals surface area contributed by atoms with E-state index in [4.69, 9.17) is 5.11 Å². The first kappa shape index (κ1) is 15.5. The molecule has 0 aromatic rings. The summed E-state index contributed by atoms with van der Waals surface area (Å²) in [6, 6.07) is -1.38. The van der Waals surface area contributed by atoms with Gasteiger partial charge in [0.15, 0.2) is 0 Å². The lowest BCUT2D eigenvalue weighted by Crippen LogP contribution is -2.54. The van der Waals surface area contributed by atoms with Crippen molar-refractivity contribution in [1.29, 1.82) is 0 Å². The second-order valence-electron chi connectivity index (χ2n) is 6.00. The Kier molecular flexibility index (Phi) is 4.29. The highest BCUT2D eigenvalue weighted by atomic mass is 16.4. The third-order valence-electron chi connectivity index (χ3n) is 4.48. The third-order valence-corrected chi connectivity index (χ3v) is 4.48. The molecule has 21 heavy (non-hydrogen) atoms. The number of carbonyl (C=O) groups excluding carboxylic acids is 2. The van der Waals surface area contributed by atoms with Gasteiger partial charge in [-0.05, 0) is 24.7 Å². The van der Waals surface area contributed by atoms with Crippen LogP contribution < -0.4 is 0 Å². The van der Waals surface area contributed by atoms with E-state index in [1.807, 2.05) is 0 Å². The van der Waals surface area contributed by atoms with Crippen molar-refractivity contribution in [1.82, 2.24) is 4.90 Å². The number of hydrogen-bond acceptors (Lipinski definition) is 4. The van der Waals surface area contributed by atoms with E-state index in [-0.39, 0.29) is 31.1 Å². The molecule has 1 heterocycles. The first-order valence-electron chi connectivity index (χ1n) is 7.14. The van der Waals surface area contributed by atoms with Gasteiger partial charge in [0.1, 0.15) is 6.04 Å². The van der Waals surface area contributed by atoms with Crippen molar-refractivity contribution >= 4 is 23.8 Å². The zero-order chi connectivity index (χ0) is 15.6. The van der Waals surface area contributed by atoms with E-state index < -0.39 is 29.8 Å². The van der Waals surface area contributed by atoms with Crippen LogP contribution in [-0.2, 0) is 19.2 Å². The van der Waals surface area contributed by atoms with E-state index in [0.29, 0.717) is 0 Å². The lowest BCUT2D eigenvalue weighted by molar-refractivity contribution is -0.165. The Hall–Kier alpha value is -1.92. The molecule has 2 amide bonds. The van der Waals surface area contributed by atoms with Gasteiger partial charge in [-0.2, -0.15) is 0 Å². The zero-order valence-corrected chi connectivity index (χ0v) is 11.7. The number of hydrogen-bond donors (Lipinski definition) is 2. The van der Waals surface area contributed by atoms with Gasteiger partial charge in [0.05, 0.1) is 0 Å². The Labute approximate surface area is 121 Å². The lowest BCUT2D eigenvalue weighted by atomic mass is 9.76. The molecular weight excluding hydrogens is 278 g/mol. The van der Waals surface area contributed by atoms with Crippen molar-refractivity contribution < 1.29 is 29.4 Å². The van der Waals surface area contributed by atoms with Gasteiger partial charge in [0.25, 0.3) is 0 Å². The molecule has 1 atom stereocenters. The van der Waals surface area contributed by atoms with Crippen LogP contribution in [0, 0.1) is 5.41 Å². The number of nitrogens with zero attached hydrogens (tertiary/aromatic N) is 1. The highest BCUT2D eigenvalue weighted by molar-refractivity contribution is 6.02. The summed E-state index contributed by atoms with van der Waals surface area (Å²) in [6.07, 6.45) is 3.36. The van der Waals surface area contributed by atoms with Gasteiger partial charge in [-0.15, -0.1) is 0 Å². The molecule has 0 aromatic heterocycles. The molecule has 1 saturated carbocycles. The summed E-state index contributed by atoms with van der Waals surface area (Å²) >= 11 is 0. The molecule has 116 valence electrons. The fourth-order valence-electron chi connectivity index (χ4n) is 3.46. The molecule has 0 bridgehead atoms. The van der Waals surface area contributed by atoms with Crippen LogP contribution in [0.2, 0.25) is 0 Å². The molecular formula is C14H19NO6. The van der Waals surface area contributed by atoms with Crippen molar-refractivity contribution in [3.05, 3.63) is 0 Å². The number of carboxylic acids is 2. The monoisotopic (exact) mass is 297 g/mol. The molecule has 2 rings (SSSR count). The number of amides is 2. The quantitative estimate of drug-likeness (QED) is 0.732. The molecule has 0 aromatic carbocycles. The van der Waals surface area contributed by atoms with Crippen molar-refractivity contribution in [3.8, 4) is 0 Å². The molecule has 1 aliphatic carbocycles. The minimum Gasteiger partial charge on any atom is -0.481 e. The number of carboxylic acid groups (broad SMARTS) is 2. The van der Waals surface area contributed by atoms with Crippen LogP contribution in [0.5, 0.6) is 0 Å². The highest BCUT2D eigenvalue weighted by Crippen LogP contribution is 2.47. The summed E-state index contributed by atoms with van der Waals surface area (Å²) in [5.74, 6) is -3.44. The SMILES string of the molecule is O=C(O)CCC(C(=O)O)N1C(=O)CC2(CCCC2)CC1=O. The smallest absolute Gasteiger partial charge is 0.326 e. The van der Waals surface area contributed by atoms with Gasteiger partial charge in [-0.1, -0.05) is 12.8 Å². The van der Waals surface area contributed by atoms with Crippen molar-refractivity contribution in [3.63, 3.8) is 0 Å². The second-order valence-corrected chi connectivity index (χ2v) is 6.00. The van der Waals surface area contributed by atoms with Gasteiger partial charge in [0, 0.05) is 19.3 Å². The topological polar surface area (TPSA) is 112 Å². The summed E-state index contributed by atoms with van der Waals surface area (Å²) in [4.78, 5) is 47.1. The summed E-state index contributed by atoms with van der Waals surface area (Å²) in [5, 5.41) is 17.9. The van der Waals surface area contributed by atoms with Crippen LogP contribution in [0.3, 0.4) is 0 Å². The Morgan fingerprint density at radius 1 is 1.10 bits per heavy atom. The minimum atomic E-state index is -1.38. The number of rotatable bonds is 5. The van der Waals surface area contributed by atoms with E-state index in [0.717, 1.165) is 30.6 Å². The maximum absolute atomic E-state index is 12.3. The summed E-state index contributed by atoms with van der Waals surface area (Å²) in [5.41, 5.74) is -0.291. The summed E-state index contributed by atoms with van der Waals surface area (Å²) < 4.78 is 0. The third kappa shape index (κ3) is 3.22. The molecule has 2 fully saturated rings. The first-order chi connectivity index (χ1) is 9.84. The maximum atomic E-state index is 12.3. The van der Waals surface area contributed by atoms with Gasteiger partial charge in [0.2, 0.25) is 11.8 Å². The normalized spacial score (nSPS) is 22.6. The number of piperidine rings is 1. The van der Waals surface area contributed by atoms with Crippen LogP contribution >= 0.6 is 0 Å². The summed E-state index contributed by atoms with van der Waals surface area (Å²) in [7, 11) is 0. The van der Waals surface area contributed by atoms with E-state index in [2.05, 4.69) is 0 Å². The number of imide groups is 1. The molecule has 1 saturated heterocycles. The van der Waals surface area contributed by atoms with Crippen LogP contribution in [-0.4, -0.2) is 44.9 Å². The first-order valence-corrected chi connectivity index (χ1v) is 7.14. The largest absolute Gasteiger partial charge is 0.481 e. The molecule has 2 aliphatic rings. The Morgan fingerprint density at radius 2 is 1.62 bits per heavy atom. The lowest BCUT2D eigenvalue weighted by Gasteiger charge is -2.39. The highest BCUT2D eigenvalue weighted by Gasteiger charge is 2.48. The Morgan fingerprint density at radius 3 is 2.05 bits per heavy atom. The average Bonchev–Trinajstić information content (AvgIpc) is 2.79. The number of carbonyl (C=O) groups is 4. The van der Waals surface area contributed by atoms with E-state index in [9.17, 15) is 24.3 Å². The van der Waals surface area contributed by atoms with Gasteiger partial charge in [-0.25, -0.2) is 4.79 Å². The maximum Gasteiger partial charge on any atom is 0.326 e. The van der Waals surface area contributed by atoms with Gasteiger partial charge >= 0.3 is 11.9 Å². The van der Waals surface area contributed by atoms with E-state index in [1.54, 1.807) is 0 Å². The fraction of sp³-hybridized carbons (Fsp3) is 0.714. The van der Waals surface area contributed by atoms with Crippen LogP contribution in [0.25, 0.3) is 0 Å². The summed E-state index contributed by atoms with van der Waals surface area (Å²) in [6.45, 7) is 0. The molecule has 2 N–H and O–H groups in total. The molecule has 7 nitrogen and oxygen atoms in total. The zero-order valence-electron chi connectivity index (χ0n) is 11.7. The van der Waals surface area contributed by atoms with Crippen LogP contribution in [0.1, 0.15) is 51.4 Å². The Bertz CT molecular complexity index is 460. The predicted octanol–water partition coefficient (Wildman–Crippen LogP) is 1.01. The minimum absolute atomic E-state index is 0.190. The molecule has 7 heteroatoms. The van der Waals surface area contributed by atoms with Crippen molar-refractivity contribution in [2.24, 2.45) is 5.41 Å². The van der Waals surface area contributed by atoms with Gasteiger partial charge in [-0.3, -0.25) is 19.3 Å².